The van der Waals surface area contributed by atoms with Crippen molar-refractivity contribution in [2.45, 2.75) is 46.5 Å². The summed E-state index contributed by atoms with van der Waals surface area (Å²) in [6.07, 6.45) is 1.24. The Bertz CT molecular complexity index is 1120. The van der Waals surface area contributed by atoms with Gasteiger partial charge in [-0.25, -0.2) is 4.98 Å². The Balaban J connectivity index is 2.02. The van der Waals surface area contributed by atoms with Gasteiger partial charge in [-0.3, -0.25) is 4.98 Å². The maximum atomic E-state index is 13.8. The van der Waals surface area contributed by atoms with Crippen molar-refractivity contribution in [2.75, 3.05) is 17.2 Å². The number of halogens is 4. The molecule has 0 saturated heterocycles. The second kappa shape index (κ2) is 8.87. The minimum absolute atomic E-state index is 0.0310. The van der Waals surface area contributed by atoms with Gasteiger partial charge in [0, 0.05) is 32.3 Å². The number of nitrogens with one attached hydrogen (secondary N) is 2. The van der Waals surface area contributed by atoms with Crippen LogP contribution in [-0.2, 0) is 11.8 Å². The number of nitrogens with zero attached hydrogens (tertiary/aromatic N) is 5. The summed E-state index contributed by atoms with van der Waals surface area (Å²) in [6, 6.07) is 6.82. The van der Waals surface area contributed by atoms with E-state index in [1.807, 2.05) is 20.8 Å². The fourth-order valence-corrected chi connectivity index (χ4v) is 2.65. The third-order valence-electron chi connectivity index (χ3n) is 4.31. The Labute approximate surface area is 189 Å². The van der Waals surface area contributed by atoms with E-state index in [4.69, 9.17) is 0 Å². The molecule has 11 heteroatoms. The number of rotatable bonds is 7. The lowest BCUT2D eigenvalue weighted by Crippen LogP contribution is -2.21. The highest BCUT2D eigenvalue weighted by atomic mass is 19.3. The molecule has 0 saturated carbocycles. The summed E-state index contributed by atoms with van der Waals surface area (Å²) >= 11 is 0. The molecule has 2 N–H and O–H groups in total. The van der Waals surface area contributed by atoms with Gasteiger partial charge < -0.3 is 10.6 Å². The van der Waals surface area contributed by atoms with Gasteiger partial charge in [0.25, 0.3) is 11.8 Å². The Morgan fingerprint density at radius 1 is 0.788 bits per heavy atom. The number of alkyl halides is 4. The topological polar surface area (TPSA) is 88.5 Å². The molecule has 0 bridgehead atoms. The van der Waals surface area contributed by atoms with Crippen LogP contribution >= 0.6 is 0 Å². The van der Waals surface area contributed by atoms with Crippen LogP contribution in [0.4, 0.5) is 35.1 Å². The summed E-state index contributed by atoms with van der Waals surface area (Å²) in [5.41, 5.74) is -0.554. The first kappa shape index (κ1) is 24.3. The summed E-state index contributed by atoms with van der Waals surface area (Å²) in [4.78, 5) is 20.6. The summed E-state index contributed by atoms with van der Waals surface area (Å²) < 4.78 is 54.9. The van der Waals surface area contributed by atoms with E-state index in [2.05, 4.69) is 35.6 Å². The predicted molar refractivity (Wildman–Crippen MR) is 118 cm³/mol. The zero-order chi connectivity index (χ0) is 24.4. The van der Waals surface area contributed by atoms with E-state index in [1.165, 1.54) is 36.5 Å². The van der Waals surface area contributed by atoms with E-state index in [9.17, 15) is 17.6 Å². The van der Waals surface area contributed by atoms with Crippen LogP contribution in [0, 0.1) is 5.41 Å². The second-order valence-corrected chi connectivity index (χ2v) is 8.96. The van der Waals surface area contributed by atoms with Gasteiger partial charge in [-0.2, -0.15) is 32.5 Å². The Morgan fingerprint density at radius 3 is 2.09 bits per heavy atom. The molecule has 0 spiro atoms. The average Bonchev–Trinajstić information content (AvgIpc) is 2.71. The van der Waals surface area contributed by atoms with Crippen molar-refractivity contribution in [1.82, 2.24) is 24.9 Å². The van der Waals surface area contributed by atoms with E-state index in [0.29, 0.717) is 6.54 Å². The lowest BCUT2D eigenvalue weighted by atomic mass is 9.97. The normalized spacial score (nSPS) is 12.5. The highest BCUT2D eigenvalue weighted by Crippen LogP contribution is 2.29. The van der Waals surface area contributed by atoms with Crippen LogP contribution in [0.1, 0.15) is 46.0 Å². The summed E-state index contributed by atoms with van der Waals surface area (Å²) in [7, 11) is 0. The van der Waals surface area contributed by atoms with Crippen molar-refractivity contribution in [3.63, 3.8) is 0 Å². The Morgan fingerprint density at radius 2 is 1.45 bits per heavy atom. The third kappa shape index (κ3) is 6.80. The molecular weight excluding hydrogens is 438 g/mol. The van der Waals surface area contributed by atoms with Gasteiger partial charge >= 0.3 is 0 Å². The first-order valence-corrected chi connectivity index (χ1v) is 10.2. The smallest absolute Gasteiger partial charge is 0.287 e. The van der Waals surface area contributed by atoms with Gasteiger partial charge in [-0.15, -0.1) is 0 Å². The van der Waals surface area contributed by atoms with Gasteiger partial charge in [-0.05, 0) is 29.7 Å². The molecule has 0 atom stereocenters. The first-order valence-electron chi connectivity index (χ1n) is 10.2. The van der Waals surface area contributed by atoms with Crippen LogP contribution in [0.15, 0.2) is 36.5 Å². The molecule has 0 unspecified atom stereocenters. The molecule has 0 aliphatic carbocycles. The lowest BCUT2D eigenvalue weighted by Gasteiger charge is -2.19. The van der Waals surface area contributed by atoms with Crippen LogP contribution in [0.2, 0.25) is 0 Å². The van der Waals surface area contributed by atoms with Gasteiger partial charge in [0.15, 0.2) is 5.82 Å². The monoisotopic (exact) mass is 463 g/mol. The molecule has 7 nitrogen and oxygen atoms in total. The minimum atomic E-state index is -3.14. The van der Waals surface area contributed by atoms with E-state index in [1.54, 1.807) is 0 Å². The molecule has 176 valence electrons. The predicted octanol–water partition coefficient (Wildman–Crippen LogP) is 5.75. The largest absolute Gasteiger partial charge is 0.354 e. The van der Waals surface area contributed by atoms with Crippen LogP contribution in [0.25, 0.3) is 11.5 Å². The molecule has 33 heavy (non-hydrogen) atoms. The van der Waals surface area contributed by atoms with E-state index in [-0.39, 0.29) is 34.5 Å². The molecule has 3 aromatic rings. The van der Waals surface area contributed by atoms with E-state index >= 15 is 0 Å². The quantitative estimate of drug-likeness (QED) is 0.431. The number of hydrogen-bond donors (Lipinski definition) is 2. The fourth-order valence-electron chi connectivity index (χ4n) is 2.65. The van der Waals surface area contributed by atoms with Crippen molar-refractivity contribution in [3.8, 4) is 11.5 Å². The van der Waals surface area contributed by atoms with Crippen LogP contribution in [0.5, 0.6) is 0 Å². The zero-order valence-electron chi connectivity index (χ0n) is 18.9. The van der Waals surface area contributed by atoms with Crippen molar-refractivity contribution < 1.29 is 17.6 Å². The molecule has 3 rings (SSSR count). The van der Waals surface area contributed by atoms with E-state index in [0.717, 1.165) is 13.8 Å². The maximum absolute atomic E-state index is 13.8. The number of anilines is 3. The van der Waals surface area contributed by atoms with Gasteiger partial charge in [0.2, 0.25) is 11.9 Å². The van der Waals surface area contributed by atoms with Crippen LogP contribution < -0.4 is 10.6 Å². The van der Waals surface area contributed by atoms with Gasteiger partial charge in [-0.1, -0.05) is 26.8 Å². The molecule has 0 aliphatic heterocycles. The molecule has 0 aromatic carbocycles. The SMILES string of the molecule is CC(C)(C)CNc1nc(Nc2ccnc(C(C)(F)F)c2)nc(-c2cccc(C(C)(F)F)n2)n1. The number of hydrogen-bond acceptors (Lipinski definition) is 7. The van der Waals surface area contributed by atoms with Crippen molar-refractivity contribution in [3.05, 3.63) is 47.9 Å². The average molecular weight is 463 g/mol. The number of aromatic nitrogens is 5. The van der Waals surface area contributed by atoms with Crippen molar-refractivity contribution in [2.24, 2.45) is 5.41 Å². The first-order chi connectivity index (χ1) is 15.2. The zero-order valence-corrected chi connectivity index (χ0v) is 18.9. The van der Waals surface area contributed by atoms with Crippen molar-refractivity contribution >= 4 is 17.6 Å². The molecular formula is C22H25F4N7. The van der Waals surface area contributed by atoms with Crippen LogP contribution in [0.3, 0.4) is 0 Å². The summed E-state index contributed by atoms with van der Waals surface area (Å²) in [5, 5.41) is 5.95. The standard InChI is InChI=1S/C22H25F4N7/c1-20(2,3)12-28-18-31-17(14-7-6-8-15(30-14)21(4,23)24)32-19(33-18)29-13-9-10-27-16(11-13)22(5,25)26/h6-11H,12H2,1-5H3,(H2,27,28,29,31,32,33). The highest BCUT2D eigenvalue weighted by molar-refractivity contribution is 5.59. The Kier molecular flexibility index (Phi) is 6.53. The number of pyridine rings is 2. The summed E-state index contributed by atoms with van der Waals surface area (Å²) in [5.74, 6) is -6.01. The third-order valence-corrected chi connectivity index (χ3v) is 4.31. The Hall–Kier alpha value is -3.37. The molecule has 0 amide bonds. The second-order valence-electron chi connectivity index (χ2n) is 8.96. The minimum Gasteiger partial charge on any atom is -0.354 e. The van der Waals surface area contributed by atoms with Crippen molar-refractivity contribution in [1.29, 1.82) is 0 Å². The maximum Gasteiger partial charge on any atom is 0.287 e. The fraction of sp³-hybridized carbons (Fsp3) is 0.409. The molecule has 3 heterocycles. The van der Waals surface area contributed by atoms with Crippen LogP contribution in [-0.4, -0.2) is 31.5 Å². The summed E-state index contributed by atoms with van der Waals surface area (Å²) in [6.45, 7) is 8.05. The van der Waals surface area contributed by atoms with E-state index < -0.39 is 23.2 Å². The lowest BCUT2D eigenvalue weighted by molar-refractivity contribution is 0.0122. The van der Waals surface area contributed by atoms with Gasteiger partial charge in [0.05, 0.1) is 0 Å². The molecule has 0 fully saturated rings. The molecule has 0 radical (unpaired) electrons. The highest BCUT2D eigenvalue weighted by Gasteiger charge is 2.27. The van der Waals surface area contributed by atoms with Gasteiger partial charge in [0.1, 0.15) is 17.1 Å². The molecule has 0 aliphatic rings. The molecule has 3 aromatic heterocycles.